The summed E-state index contributed by atoms with van der Waals surface area (Å²) in [7, 11) is 0. The topological polar surface area (TPSA) is 9.23 Å². The molecule has 0 radical (unpaired) electrons. The van der Waals surface area contributed by atoms with E-state index in [1.807, 2.05) is 12.1 Å². The quantitative estimate of drug-likeness (QED) is 0.581. The van der Waals surface area contributed by atoms with Crippen LogP contribution in [-0.2, 0) is 4.74 Å². The number of halogens is 3. The zero-order valence-corrected chi connectivity index (χ0v) is 14.3. The van der Waals surface area contributed by atoms with Crippen LogP contribution in [0.2, 0.25) is 0 Å². The summed E-state index contributed by atoms with van der Waals surface area (Å²) < 4.78 is 7.74. The second-order valence-corrected chi connectivity index (χ2v) is 7.08. The molecule has 100 valence electrons. The highest BCUT2D eigenvalue weighted by Crippen LogP contribution is 2.41. The first-order chi connectivity index (χ1) is 8.60. The molecule has 1 aliphatic rings. The Labute approximate surface area is 130 Å². The normalized spacial score (nSPS) is 24.7. The van der Waals surface area contributed by atoms with Crippen LogP contribution >= 0.6 is 43.5 Å². The maximum Gasteiger partial charge on any atom is 0.0599 e. The highest BCUT2D eigenvalue weighted by Gasteiger charge is 2.31. The van der Waals surface area contributed by atoms with E-state index in [9.17, 15) is 0 Å². The Bertz CT molecular complexity index is 405. The molecule has 1 nitrogen and oxygen atoms in total. The Morgan fingerprint density at radius 3 is 2.78 bits per heavy atom. The Balaban J connectivity index is 1.89. The number of ether oxygens (including phenoxy) is 1. The van der Waals surface area contributed by atoms with Crippen LogP contribution in [0, 0.1) is 5.92 Å². The number of alkyl halides is 1. The van der Waals surface area contributed by atoms with Crippen LogP contribution in [0.5, 0.6) is 0 Å². The van der Waals surface area contributed by atoms with E-state index < -0.39 is 0 Å². The number of benzene rings is 1. The average molecular weight is 397 g/mol. The van der Waals surface area contributed by atoms with Gasteiger partial charge in [-0.2, -0.15) is 0 Å². The van der Waals surface area contributed by atoms with Crippen molar-refractivity contribution < 1.29 is 4.74 Å². The number of hydrogen-bond acceptors (Lipinski definition) is 1. The van der Waals surface area contributed by atoms with Gasteiger partial charge in [0.15, 0.2) is 0 Å². The summed E-state index contributed by atoms with van der Waals surface area (Å²) in [5, 5.41) is 0.0736. The molecular weight excluding hydrogens is 379 g/mol. The van der Waals surface area contributed by atoms with Gasteiger partial charge in [0.05, 0.1) is 11.5 Å². The van der Waals surface area contributed by atoms with Crippen molar-refractivity contribution in [1.82, 2.24) is 0 Å². The molecular formula is C14H17Br2ClO. The lowest BCUT2D eigenvalue weighted by atomic mass is 9.78. The largest absolute Gasteiger partial charge is 0.378 e. The van der Waals surface area contributed by atoms with Gasteiger partial charge in [-0.15, -0.1) is 11.6 Å². The Morgan fingerprint density at radius 2 is 2.11 bits per heavy atom. The van der Waals surface area contributed by atoms with E-state index in [0.29, 0.717) is 12.0 Å². The van der Waals surface area contributed by atoms with Gasteiger partial charge in [0, 0.05) is 15.6 Å². The van der Waals surface area contributed by atoms with Crippen LogP contribution in [0.1, 0.15) is 37.1 Å². The van der Waals surface area contributed by atoms with Crippen molar-refractivity contribution in [1.29, 1.82) is 0 Å². The summed E-state index contributed by atoms with van der Waals surface area (Å²) in [5.74, 6) is 0.704. The fourth-order valence-corrected chi connectivity index (χ4v) is 3.88. The van der Waals surface area contributed by atoms with Gasteiger partial charge in [-0.3, -0.25) is 0 Å². The van der Waals surface area contributed by atoms with E-state index in [1.54, 1.807) is 0 Å². The van der Waals surface area contributed by atoms with Crippen molar-refractivity contribution in [3.8, 4) is 0 Å². The molecule has 0 bridgehead atoms. The van der Waals surface area contributed by atoms with Crippen molar-refractivity contribution in [3.05, 3.63) is 32.7 Å². The number of hydrogen-bond donors (Lipinski definition) is 0. The third-order valence-corrected chi connectivity index (χ3v) is 5.06. The molecule has 1 unspecified atom stereocenters. The van der Waals surface area contributed by atoms with Crippen molar-refractivity contribution in [3.63, 3.8) is 0 Å². The molecule has 0 aromatic heterocycles. The second kappa shape index (κ2) is 6.74. The maximum absolute atomic E-state index is 6.52. The first kappa shape index (κ1) is 14.8. The van der Waals surface area contributed by atoms with Gasteiger partial charge in [0.1, 0.15) is 0 Å². The van der Waals surface area contributed by atoms with Gasteiger partial charge < -0.3 is 4.74 Å². The smallest absolute Gasteiger partial charge is 0.0599 e. The minimum absolute atomic E-state index is 0.0736. The van der Waals surface area contributed by atoms with E-state index in [0.717, 1.165) is 34.8 Å². The standard InChI is InChI=1S/C14H17Br2ClO/c1-2-18-11-5-9(6-11)7-14(17)12-8-10(15)3-4-13(12)16/h3-4,8-9,11,14H,2,5-7H2,1H3. The van der Waals surface area contributed by atoms with Crippen LogP contribution in [0.15, 0.2) is 27.1 Å². The monoisotopic (exact) mass is 394 g/mol. The van der Waals surface area contributed by atoms with Crippen LogP contribution in [-0.4, -0.2) is 12.7 Å². The minimum Gasteiger partial charge on any atom is -0.378 e. The first-order valence-corrected chi connectivity index (χ1v) is 8.33. The predicted octanol–water partition coefficient (Wildman–Crippen LogP) is 5.70. The summed E-state index contributed by atoms with van der Waals surface area (Å²) in [6.45, 7) is 2.87. The molecule has 0 spiro atoms. The average Bonchev–Trinajstić information content (AvgIpc) is 2.29. The summed E-state index contributed by atoms with van der Waals surface area (Å²) in [5.41, 5.74) is 1.17. The van der Waals surface area contributed by atoms with Crippen molar-refractivity contribution in [2.75, 3.05) is 6.61 Å². The third-order valence-electron chi connectivity index (χ3n) is 3.43. The molecule has 1 fully saturated rings. The van der Waals surface area contributed by atoms with E-state index in [4.69, 9.17) is 16.3 Å². The number of rotatable bonds is 5. The van der Waals surface area contributed by atoms with Gasteiger partial charge in [0.25, 0.3) is 0 Å². The summed E-state index contributed by atoms with van der Waals surface area (Å²) in [4.78, 5) is 0. The van der Waals surface area contributed by atoms with Gasteiger partial charge in [-0.05, 0) is 55.9 Å². The molecule has 4 heteroatoms. The summed E-state index contributed by atoms with van der Waals surface area (Å²) >= 11 is 13.6. The molecule has 1 atom stereocenters. The minimum atomic E-state index is 0.0736. The summed E-state index contributed by atoms with van der Waals surface area (Å²) in [6.07, 6.45) is 3.81. The van der Waals surface area contributed by atoms with E-state index in [1.165, 1.54) is 5.56 Å². The zero-order valence-electron chi connectivity index (χ0n) is 10.3. The lowest BCUT2D eigenvalue weighted by molar-refractivity contribution is -0.0267. The van der Waals surface area contributed by atoms with Crippen LogP contribution < -0.4 is 0 Å². The maximum atomic E-state index is 6.52. The predicted molar refractivity (Wildman–Crippen MR) is 83.2 cm³/mol. The highest BCUT2D eigenvalue weighted by atomic mass is 79.9. The molecule has 1 aliphatic carbocycles. The fourth-order valence-electron chi connectivity index (χ4n) is 2.41. The molecule has 2 rings (SSSR count). The van der Waals surface area contributed by atoms with Gasteiger partial charge in [0.2, 0.25) is 0 Å². The van der Waals surface area contributed by atoms with Crippen molar-refractivity contribution >= 4 is 43.5 Å². The Kier molecular flexibility index (Phi) is 5.55. The SMILES string of the molecule is CCOC1CC(CC(Cl)c2cc(Br)ccc2Br)C1. The summed E-state index contributed by atoms with van der Waals surface area (Å²) in [6, 6.07) is 6.16. The second-order valence-electron chi connectivity index (χ2n) is 4.78. The molecule has 0 N–H and O–H groups in total. The first-order valence-electron chi connectivity index (χ1n) is 6.30. The lowest BCUT2D eigenvalue weighted by Crippen LogP contribution is -2.31. The van der Waals surface area contributed by atoms with Crippen LogP contribution in [0.4, 0.5) is 0 Å². The van der Waals surface area contributed by atoms with Gasteiger partial charge >= 0.3 is 0 Å². The van der Waals surface area contributed by atoms with E-state index >= 15 is 0 Å². The molecule has 0 heterocycles. The van der Waals surface area contributed by atoms with Gasteiger partial charge in [-0.25, -0.2) is 0 Å². The molecule has 0 amide bonds. The zero-order chi connectivity index (χ0) is 13.1. The Morgan fingerprint density at radius 1 is 1.39 bits per heavy atom. The third kappa shape index (κ3) is 3.72. The molecule has 1 aromatic rings. The molecule has 1 saturated carbocycles. The van der Waals surface area contributed by atoms with Crippen molar-refractivity contribution in [2.45, 2.75) is 37.7 Å². The molecule has 0 aliphatic heterocycles. The van der Waals surface area contributed by atoms with Crippen LogP contribution in [0.25, 0.3) is 0 Å². The fraction of sp³-hybridized carbons (Fsp3) is 0.571. The van der Waals surface area contributed by atoms with E-state index in [-0.39, 0.29) is 5.38 Å². The van der Waals surface area contributed by atoms with Crippen LogP contribution in [0.3, 0.4) is 0 Å². The van der Waals surface area contributed by atoms with Crippen molar-refractivity contribution in [2.24, 2.45) is 5.92 Å². The molecule has 18 heavy (non-hydrogen) atoms. The molecule has 0 saturated heterocycles. The van der Waals surface area contributed by atoms with Gasteiger partial charge in [-0.1, -0.05) is 31.9 Å². The Hall–Kier alpha value is 0.430. The highest BCUT2D eigenvalue weighted by molar-refractivity contribution is 9.11. The lowest BCUT2D eigenvalue weighted by Gasteiger charge is -2.36. The van der Waals surface area contributed by atoms with E-state index in [2.05, 4.69) is 44.8 Å². The molecule has 1 aromatic carbocycles.